The minimum Gasteiger partial charge on any atom is -0.508 e. The van der Waals surface area contributed by atoms with Gasteiger partial charge in [-0.05, 0) is 67.2 Å². The van der Waals surface area contributed by atoms with Gasteiger partial charge < -0.3 is 10.2 Å². The lowest BCUT2D eigenvalue weighted by Crippen LogP contribution is -2.52. The topological polar surface area (TPSA) is 57.5 Å². The van der Waals surface area contributed by atoms with E-state index in [9.17, 15) is 15.0 Å². The van der Waals surface area contributed by atoms with Crippen LogP contribution in [0.3, 0.4) is 0 Å². The van der Waals surface area contributed by atoms with E-state index in [1.807, 2.05) is 6.07 Å². The predicted octanol–water partition coefficient (Wildman–Crippen LogP) is 2.92. The van der Waals surface area contributed by atoms with Gasteiger partial charge >= 0.3 is 0 Å². The molecule has 0 radical (unpaired) electrons. The van der Waals surface area contributed by atoms with Crippen LogP contribution in [0.5, 0.6) is 5.75 Å². The third kappa shape index (κ3) is 1.61. The van der Waals surface area contributed by atoms with Crippen LogP contribution in [-0.4, -0.2) is 16.0 Å². The molecule has 0 saturated heterocycles. The first kappa shape index (κ1) is 13.3. The molecule has 3 heteroatoms. The Labute approximate surface area is 125 Å². The summed E-state index contributed by atoms with van der Waals surface area (Å²) in [5, 5.41) is 21.1. The van der Waals surface area contributed by atoms with Crippen LogP contribution in [0.1, 0.15) is 50.2 Å². The maximum atomic E-state index is 12.3. The Morgan fingerprint density at radius 1 is 1.14 bits per heavy atom. The van der Waals surface area contributed by atoms with Crippen molar-refractivity contribution in [2.75, 3.05) is 0 Å². The molecule has 0 bridgehead atoms. The Kier molecular flexibility index (Phi) is 2.60. The smallest absolute Gasteiger partial charge is 0.139 e. The largest absolute Gasteiger partial charge is 0.508 e. The number of aryl methyl sites for hydroxylation is 1. The third-order valence-electron chi connectivity index (χ3n) is 6.54. The van der Waals surface area contributed by atoms with Crippen LogP contribution in [0.2, 0.25) is 0 Å². The van der Waals surface area contributed by atoms with Gasteiger partial charge in [-0.1, -0.05) is 13.0 Å². The van der Waals surface area contributed by atoms with Gasteiger partial charge in [0.1, 0.15) is 11.5 Å². The zero-order valence-electron chi connectivity index (χ0n) is 12.4. The SMILES string of the molecule is C[C@]12CC[C@]3(O)c4ccc(O)cc4CC[C@H]3[C@@H]1CCC2=O. The predicted molar refractivity (Wildman–Crippen MR) is 78.9 cm³/mol. The van der Waals surface area contributed by atoms with E-state index in [0.29, 0.717) is 24.5 Å². The van der Waals surface area contributed by atoms with E-state index < -0.39 is 5.60 Å². The number of benzene rings is 1. The first-order valence-corrected chi connectivity index (χ1v) is 8.03. The summed E-state index contributed by atoms with van der Waals surface area (Å²) in [7, 11) is 0. The van der Waals surface area contributed by atoms with Crippen molar-refractivity contribution in [3.8, 4) is 5.75 Å². The van der Waals surface area contributed by atoms with Crippen LogP contribution < -0.4 is 0 Å². The Bertz CT molecular complexity index is 623. The van der Waals surface area contributed by atoms with E-state index in [1.54, 1.807) is 12.1 Å². The van der Waals surface area contributed by atoms with E-state index in [1.165, 1.54) is 0 Å². The van der Waals surface area contributed by atoms with Crippen molar-refractivity contribution in [2.24, 2.45) is 17.3 Å². The molecule has 0 heterocycles. The zero-order chi connectivity index (χ0) is 14.8. The number of aliphatic hydroxyl groups is 1. The van der Waals surface area contributed by atoms with Gasteiger partial charge in [0.2, 0.25) is 0 Å². The van der Waals surface area contributed by atoms with Crippen LogP contribution in [0, 0.1) is 17.3 Å². The van der Waals surface area contributed by atoms with Crippen LogP contribution >= 0.6 is 0 Å². The molecule has 1 aromatic carbocycles. The van der Waals surface area contributed by atoms with Crippen molar-refractivity contribution in [2.45, 2.75) is 51.0 Å². The second kappa shape index (κ2) is 4.10. The lowest BCUT2D eigenvalue weighted by Gasteiger charge is -2.53. The van der Waals surface area contributed by atoms with Gasteiger partial charge in [-0.3, -0.25) is 4.79 Å². The van der Waals surface area contributed by atoms with E-state index in [-0.39, 0.29) is 17.1 Å². The monoisotopic (exact) mass is 286 g/mol. The zero-order valence-corrected chi connectivity index (χ0v) is 12.4. The molecule has 0 unspecified atom stereocenters. The average molecular weight is 286 g/mol. The summed E-state index contributed by atoms with van der Waals surface area (Å²) in [6.45, 7) is 2.11. The van der Waals surface area contributed by atoms with Crippen molar-refractivity contribution < 1.29 is 15.0 Å². The van der Waals surface area contributed by atoms with Gasteiger partial charge in [0.25, 0.3) is 0 Å². The fraction of sp³-hybridized carbons (Fsp3) is 0.611. The van der Waals surface area contributed by atoms with E-state index >= 15 is 0 Å². The molecular formula is C18H22O3. The molecule has 0 aliphatic heterocycles. The first-order chi connectivity index (χ1) is 9.95. The third-order valence-corrected chi connectivity index (χ3v) is 6.54. The highest BCUT2D eigenvalue weighted by Gasteiger charge is 2.59. The Morgan fingerprint density at radius 2 is 1.90 bits per heavy atom. The van der Waals surface area contributed by atoms with Gasteiger partial charge in [-0.2, -0.15) is 0 Å². The molecule has 3 nitrogen and oxygen atoms in total. The highest BCUT2D eigenvalue weighted by Crippen LogP contribution is 2.61. The number of hydrogen-bond donors (Lipinski definition) is 2. The van der Waals surface area contributed by atoms with Gasteiger partial charge in [0.15, 0.2) is 0 Å². The summed E-state index contributed by atoms with van der Waals surface area (Å²) in [6, 6.07) is 5.35. The van der Waals surface area contributed by atoms with Crippen molar-refractivity contribution >= 4 is 5.78 Å². The van der Waals surface area contributed by atoms with Gasteiger partial charge in [0.05, 0.1) is 5.60 Å². The molecule has 4 atom stereocenters. The van der Waals surface area contributed by atoms with Gasteiger partial charge in [0, 0.05) is 11.8 Å². The second-order valence-electron chi connectivity index (χ2n) is 7.40. The number of rotatable bonds is 0. The Balaban J connectivity index is 1.80. The molecule has 0 spiro atoms. The molecule has 3 aliphatic rings. The van der Waals surface area contributed by atoms with Gasteiger partial charge in [-0.15, -0.1) is 0 Å². The molecule has 2 N–H and O–H groups in total. The van der Waals surface area contributed by atoms with Crippen LogP contribution in [0.25, 0.3) is 0 Å². The summed E-state index contributed by atoms with van der Waals surface area (Å²) >= 11 is 0. The number of carbonyl (C=O) groups excluding carboxylic acids is 1. The number of carbonyl (C=O) groups is 1. The van der Waals surface area contributed by atoms with E-state index in [4.69, 9.17) is 0 Å². The first-order valence-electron chi connectivity index (χ1n) is 8.03. The standard InChI is InChI=1S/C18H22O3/c1-17-8-9-18(21)13-5-3-12(19)10-11(13)2-4-15(18)14(17)6-7-16(17)20/h3,5,10,14-15,19,21H,2,4,6-9H2,1H3/t14-,15-,17-,18-/m0/s1. The fourth-order valence-corrected chi connectivity index (χ4v) is 5.33. The summed E-state index contributed by atoms with van der Waals surface area (Å²) in [6.07, 6.45) is 4.85. The van der Waals surface area contributed by atoms with Crippen LogP contribution in [0.15, 0.2) is 18.2 Å². The molecule has 21 heavy (non-hydrogen) atoms. The number of fused-ring (bicyclic) bond motifs is 5. The molecule has 2 saturated carbocycles. The van der Waals surface area contributed by atoms with Crippen molar-refractivity contribution in [1.29, 1.82) is 0 Å². The van der Waals surface area contributed by atoms with Crippen molar-refractivity contribution in [1.82, 2.24) is 0 Å². The summed E-state index contributed by atoms with van der Waals surface area (Å²) in [5.74, 6) is 1.16. The van der Waals surface area contributed by atoms with Crippen molar-refractivity contribution in [3.63, 3.8) is 0 Å². The normalized spacial score (nSPS) is 41.3. The lowest BCUT2D eigenvalue weighted by molar-refractivity contribution is -0.146. The minimum atomic E-state index is -0.809. The molecule has 4 rings (SSSR count). The molecule has 2 fully saturated rings. The van der Waals surface area contributed by atoms with Gasteiger partial charge in [-0.25, -0.2) is 0 Å². The molecular weight excluding hydrogens is 264 g/mol. The van der Waals surface area contributed by atoms with Crippen LogP contribution in [0.4, 0.5) is 0 Å². The van der Waals surface area contributed by atoms with E-state index in [0.717, 1.165) is 36.8 Å². The Morgan fingerprint density at radius 3 is 2.71 bits per heavy atom. The Hall–Kier alpha value is -1.35. The fourth-order valence-electron chi connectivity index (χ4n) is 5.33. The molecule has 112 valence electrons. The number of ketones is 1. The van der Waals surface area contributed by atoms with Crippen molar-refractivity contribution in [3.05, 3.63) is 29.3 Å². The molecule has 1 aromatic rings. The average Bonchev–Trinajstić information content (AvgIpc) is 2.75. The maximum Gasteiger partial charge on any atom is 0.139 e. The summed E-state index contributed by atoms with van der Waals surface area (Å²) in [5.41, 5.74) is 1.03. The lowest BCUT2D eigenvalue weighted by atomic mass is 9.53. The maximum absolute atomic E-state index is 12.3. The summed E-state index contributed by atoms with van der Waals surface area (Å²) < 4.78 is 0. The quantitative estimate of drug-likeness (QED) is 0.771. The molecule has 0 aromatic heterocycles. The highest BCUT2D eigenvalue weighted by atomic mass is 16.3. The number of aromatic hydroxyl groups is 1. The van der Waals surface area contributed by atoms with Crippen LogP contribution in [-0.2, 0) is 16.8 Å². The minimum absolute atomic E-state index is 0.180. The second-order valence-corrected chi connectivity index (χ2v) is 7.40. The highest BCUT2D eigenvalue weighted by molar-refractivity contribution is 5.87. The summed E-state index contributed by atoms with van der Waals surface area (Å²) in [4.78, 5) is 12.3. The number of hydrogen-bond acceptors (Lipinski definition) is 3. The number of phenols is 1. The van der Waals surface area contributed by atoms with E-state index in [2.05, 4.69) is 6.92 Å². The number of Topliss-reactive ketones (excluding diaryl/α,β-unsaturated/α-hetero) is 1. The number of phenolic OH excluding ortho intramolecular Hbond substituents is 1. The molecule has 3 aliphatic carbocycles. The molecule has 0 amide bonds.